The van der Waals surface area contributed by atoms with Crippen molar-refractivity contribution >= 4 is 0 Å². The summed E-state index contributed by atoms with van der Waals surface area (Å²) >= 11 is 0. The molecule has 0 aliphatic heterocycles. The summed E-state index contributed by atoms with van der Waals surface area (Å²) in [5, 5.41) is 3.70. The van der Waals surface area contributed by atoms with E-state index in [1.165, 1.54) is 32.2 Å². The third-order valence-corrected chi connectivity index (χ3v) is 2.99. The molecule has 0 heterocycles. The first-order valence-corrected chi connectivity index (χ1v) is 6.36. The lowest BCUT2D eigenvalue weighted by atomic mass is 9.88. The fourth-order valence-corrected chi connectivity index (χ4v) is 2.17. The first kappa shape index (κ1) is 14.0. The maximum Gasteiger partial charge on any atom is 0.0116 e. The van der Waals surface area contributed by atoms with Crippen LogP contribution < -0.4 is 5.32 Å². The molecule has 0 saturated carbocycles. The van der Waals surface area contributed by atoms with Crippen LogP contribution in [0.25, 0.3) is 0 Å². The molecule has 0 rings (SSSR count). The third-order valence-electron chi connectivity index (χ3n) is 2.99. The molecule has 0 amide bonds. The number of hydrogen-bond acceptors (Lipinski definition) is 1. The van der Waals surface area contributed by atoms with Gasteiger partial charge in [0, 0.05) is 6.04 Å². The van der Waals surface area contributed by atoms with E-state index in [1.807, 2.05) is 0 Å². The monoisotopic (exact) mass is 199 g/mol. The summed E-state index contributed by atoms with van der Waals surface area (Å²) < 4.78 is 0. The van der Waals surface area contributed by atoms with Gasteiger partial charge in [-0.3, -0.25) is 0 Å². The van der Waals surface area contributed by atoms with Gasteiger partial charge < -0.3 is 5.32 Å². The Hall–Kier alpha value is -0.0400. The lowest BCUT2D eigenvalue weighted by Gasteiger charge is -2.28. The van der Waals surface area contributed by atoms with E-state index >= 15 is 0 Å². The predicted molar refractivity (Wildman–Crippen MR) is 65.6 cm³/mol. The molecule has 0 aromatic rings. The van der Waals surface area contributed by atoms with Crippen LogP contribution in [0.4, 0.5) is 0 Å². The molecular weight excluding hydrogens is 170 g/mol. The molecule has 2 unspecified atom stereocenters. The first-order valence-electron chi connectivity index (χ1n) is 6.36. The van der Waals surface area contributed by atoms with Crippen LogP contribution in [0.2, 0.25) is 0 Å². The Balaban J connectivity index is 3.88. The van der Waals surface area contributed by atoms with Gasteiger partial charge in [-0.15, -0.1) is 0 Å². The van der Waals surface area contributed by atoms with Crippen molar-refractivity contribution in [2.45, 2.75) is 66.3 Å². The van der Waals surface area contributed by atoms with E-state index in [-0.39, 0.29) is 0 Å². The average molecular weight is 199 g/mol. The second kappa shape index (κ2) is 8.28. The van der Waals surface area contributed by atoms with Crippen molar-refractivity contribution in [2.24, 2.45) is 11.8 Å². The van der Waals surface area contributed by atoms with Crippen molar-refractivity contribution < 1.29 is 0 Å². The van der Waals surface area contributed by atoms with Crippen molar-refractivity contribution in [1.29, 1.82) is 0 Å². The van der Waals surface area contributed by atoms with Crippen LogP contribution in [0, 0.1) is 11.8 Å². The molecule has 0 aromatic carbocycles. The minimum Gasteiger partial charge on any atom is -0.313 e. The zero-order valence-electron chi connectivity index (χ0n) is 10.8. The summed E-state index contributed by atoms with van der Waals surface area (Å²) in [6.45, 7) is 12.8. The van der Waals surface area contributed by atoms with E-state index in [2.05, 4.69) is 39.9 Å². The van der Waals surface area contributed by atoms with Crippen molar-refractivity contribution in [3.8, 4) is 0 Å². The molecule has 0 radical (unpaired) electrons. The lowest BCUT2D eigenvalue weighted by molar-refractivity contribution is 0.283. The summed E-state index contributed by atoms with van der Waals surface area (Å²) in [4.78, 5) is 0. The summed E-state index contributed by atoms with van der Waals surface area (Å²) in [5.74, 6) is 1.57. The highest BCUT2D eigenvalue weighted by molar-refractivity contribution is 4.76. The molecule has 2 atom stereocenters. The third kappa shape index (κ3) is 5.64. The van der Waals surface area contributed by atoms with Gasteiger partial charge in [-0.05, 0) is 31.2 Å². The van der Waals surface area contributed by atoms with Crippen molar-refractivity contribution in [3.63, 3.8) is 0 Å². The molecule has 1 nitrogen and oxygen atoms in total. The Morgan fingerprint density at radius 2 is 1.64 bits per heavy atom. The van der Waals surface area contributed by atoms with Gasteiger partial charge in [0.05, 0.1) is 0 Å². The number of rotatable bonds is 8. The maximum absolute atomic E-state index is 3.70. The Morgan fingerprint density at radius 1 is 1.00 bits per heavy atom. The number of nitrogens with one attached hydrogen (secondary N) is 1. The fraction of sp³-hybridized carbons (Fsp3) is 1.00. The summed E-state index contributed by atoms with van der Waals surface area (Å²) in [6, 6.07) is 0.710. The quantitative estimate of drug-likeness (QED) is 0.586. The highest BCUT2D eigenvalue weighted by atomic mass is 14.9. The zero-order chi connectivity index (χ0) is 11.0. The van der Waals surface area contributed by atoms with E-state index in [0.717, 1.165) is 11.8 Å². The smallest absolute Gasteiger partial charge is 0.0116 e. The Labute approximate surface area is 90.7 Å². The predicted octanol–water partition coefficient (Wildman–Crippen LogP) is 3.84. The van der Waals surface area contributed by atoms with Gasteiger partial charge in [-0.1, -0.05) is 47.5 Å². The van der Waals surface area contributed by atoms with Crippen LogP contribution in [-0.2, 0) is 0 Å². The van der Waals surface area contributed by atoms with E-state index in [0.29, 0.717) is 6.04 Å². The highest BCUT2D eigenvalue weighted by Gasteiger charge is 2.18. The summed E-state index contributed by atoms with van der Waals surface area (Å²) in [5.41, 5.74) is 0. The molecule has 14 heavy (non-hydrogen) atoms. The second-order valence-electron chi connectivity index (χ2n) is 4.84. The maximum atomic E-state index is 3.70. The standard InChI is InChI=1S/C13H29N/c1-6-8-10-14-13(11(3)4)12(5)9-7-2/h11-14H,6-10H2,1-5H3. The average Bonchev–Trinajstić information content (AvgIpc) is 2.12. The Bertz CT molecular complexity index is 120. The molecule has 0 saturated heterocycles. The van der Waals surface area contributed by atoms with Crippen LogP contribution >= 0.6 is 0 Å². The lowest BCUT2D eigenvalue weighted by Crippen LogP contribution is -2.39. The molecule has 86 valence electrons. The SMILES string of the molecule is CCCCNC(C(C)C)C(C)CCC. The van der Waals surface area contributed by atoms with Gasteiger partial charge in [-0.25, -0.2) is 0 Å². The van der Waals surface area contributed by atoms with Crippen molar-refractivity contribution in [2.75, 3.05) is 6.54 Å². The minimum atomic E-state index is 0.710. The molecule has 0 bridgehead atoms. The largest absolute Gasteiger partial charge is 0.313 e. The number of hydrogen-bond donors (Lipinski definition) is 1. The molecular formula is C13H29N. The van der Waals surface area contributed by atoms with Crippen LogP contribution in [-0.4, -0.2) is 12.6 Å². The van der Waals surface area contributed by atoms with E-state index in [1.54, 1.807) is 0 Å². The van der Waals surface area contributed by atoms with E-state index in [4.69, 9.17) is 0 Å². The van der Waals surface area contributed by atoms with Gasteiger partial charge in [0.25, 0.3) is 0 Å². The van der Waals surface area contributed by atoms with Crippen molar-refractivity contribution in [3.05, 3.63) is 0 Å². The molecule has 0 aliphatic rings. The molecule has 0 spiro atoms. The summed E-state index contributed by atoms with van der Waals surface area (Å²) in [6.07, 6.45) is 5.25. The molecule has 1 N–H and O–H groups in total. The topological polar surface area (TPSA) is 12.0 Å². The second-order valence-corrected chi connectivity index (χ2v) is 4.84. The fourth-order valence-electron chi connectivity index (χ4n) is 2.17. The summed E-state index contributed by atoms with van der Waals surface area (Å²) in [7, 11) is 0. The molecule has 1 heteroatoms. The van der Waals surface area contributed by atoms with E-state index in [9.17, 15) is 0 Å². The highest BCUT2D eigenvalue weighted by Crippen LogP contribution is 2.17. The van der Waals surface area contributed by atoms with Gasteiger partial charge in [0.15, 0.2) is 0 Å². The van der Waals surface area contributed by atoms with Gasteiger partial charge in [0.2, 0.25) is 0 Å². The minimum absolute atomic E-state index is 0.710. The normalized spacial score (nSPS) is 15.9. The van der Waals surface area contributed by atoms with Crippen molar-refractivity contribution in [1.82, 2.24) is 5.32 Å². The number of unbranched alkanes of at least 4 members (excludes halogenated alkanes) is 1. The molecule has 0 aromatic heterocycles. The first-order chi connectivity index (χ1) is 6.63. The van der Waals surface area contributed by atoms with E-state index < -0.39 is 0 Å². The zero-order valence-corrected chi connectivity index (χ0v) is 10.8. The Morgan fingerprint density at radius 3 is 2.07 bits per heavy atom. The van der Waals surface area contributed by atoms with Crippen LogP contribution in [0.5, 0.6) is 0 Å². The molecule has 0 fully saturated rings. The van der Waals surface area contributed by atoms with Crippen LogP contribution in [0.1, 0.15) is 60.3 Å². The van der Waals surface area contributed by atoms with Gasteiger partial charge in [-0.2, -0.15) is 0 Å². The molecule has 0 aliphatic carbocycles. The van der Waals surface area contributed by atoms with Gasteiger partial charge >= 0.3 is 0 Å². The Kier molecular flexibility index (Phi) is 8.26. The van der Waals surface area contributed by atoms with Gasteiger partial charge in [0.1, 0.15) is 0 Å². The van der Waals surface area contributed by atoms with Crippen LogP contribution in [0.15, 0.2) is 0 Å². The van der Waals surface area contributed by atoms with Crippen LogP contribution in [0.3, 0.4) is 0 Å².